The van der Waals surface area contributed by atoms with Crippen molar-refractivity contribution in [2.45, 2.75) is 0 Å². The van der Waals surface area contributed by atoms with Crippen molar-refractivity contribution in [1.82, 2.24) is 4.98 Å². The van der Waals surface area contributed by atoms with E-state index in [2.05, 4.69) is 9.40 Å². The molecule has 2 aromatic rings. The van der Waals surface area contributed by atoms with Gasteiger partial charge in [-0.3, -0.25) is 4.98 Å². The lowest BCUT2D eigenvalue weighted by Gasteiger charge is -2.12. The molecule has 0 atom stereocenters. The summed E-state index contributed by atoms with van der Waals surface area (Å²) in [4.78, 5) is 26.6. The number of fused-ring (bicyclic) bond motifs is 1. The Morgan fingerprint density at radius 2 is 2.00 bits per heavy atom. The summed E-state index contributed by atoms with van der Waals surface area (Å²) in [5, 5.41) is 0.375. The fourth-order valence-corrected chi connectivity index (χ4v) is 1.37. The molecule has 1 aromatic heterocycles. The summed E-state index contributed by atoms with van der Waals surface area (Å²) >= 11 is 0. The SMILES string of the molecule is CN(C)c1ccc2c(=O)oc(=O)[nH]c2c1. The minimum absolute atomic E-state index is 0.375. The van der Waals surface area contributed by atoms with Gasteiger partial charge in [-0.2, -0.15) is 0 Å². The molecule has 1 aromatic carbocycles. The third-order valence-corrected chi connectivity index (χ3v) is 2.16. The van der Waals surface area contributed by atoms with Crippen LogP contribution in [-0.2, 0) is 0 Å². The maximum atomic E-state index is 11.3. The van der Waals surface area contributed by atoms with Crippen molar-refractivity contribution in [3.05, 3.63) is 39.2 Å². The van der Waals surface area contributed by atoms with Crippen LogP contribution in [0.5, 0.6) is 0 Å². The van der Waals surface area contributed by atoms with Gasteiger partial charge in [0.15, 0.2) is 0 Å². The summed E-state index contributed by atoms with van der Waals surface area (Å²) in [7, 11) is 3.76. The summed E-state index contributed by atoms with van der Waals surface area (Å²) in [5.41, 5.74) is 0.783. The van der Waals surface area contributed by atoms with E-state index in [9.17, 15) is 9.59 Å². The fraction of sp³-hybridized carbons (Fsp3) is 0.200. The Labute approximate surface area is 85.0 Å². The van der Waals surface area contributed by atoms with Crippen LogP contribution in [0.2, 0.25) is 0 Å². The van der Waals surface area contributed by atoms with E-state index in [-0.39, 0.29) is 0 Å². The number of aromatic nitrogens is 1. The van der Waals surface area contributed by atoms with Crippen molar-refractivity contribution in [1.29, 1.82) is 0 Å². The fourth-order valence-electron chi connectivity index (χ4n) is 1.37. The maximum Gasteiger partial charge on any atom is 0.419 e. The summed E-state index contributed by atoms with van der Waals surface area (Å²) in [6, 6.07) is 5.15. The average Bonchev–Trinajstić information content (AvgIpc) is 2.16. The van der Waals surface area contributed by atoms with Crippen LogP contribution in [-0.4, -0.2) is 19.1 Å². The van der Waals surface area contributed by atoms with Gasteiger partial charge in [-0.05, 0) is 18.2 Å². The monoisotopic (exact) mass is 206 g/mol. The highest BCUT2D eigenvalue weighted by atomic mass is 16.4. The van der Waals surface area contributed by atoms with Gasteiger partial charge in [0.2, 0.25) is 0 Å². The number of nitrogens with one attached hydrogen (secondary N) is 1. The van der Waals surface area contributed by atoms with Crippen LogP contribution >= 0.6 is 0 Å². The predicted octanol–water partition coefficient (Wildman–Crippen LogP) is 0.547. The van der Waals surface area contributed by atoms with Gasteiger partial charge in [0, 0.05) is 19.8 Å². The van der Waals surface area contributed by atoms with Gasteiger partial charge < -0.3 is 9.32 Å². The second-order valence-corrected chi connectivity index (χ2v) is 3.43. The standard InChI is InChI=1S/C10H10N2O3/c1-12(2)6-3-4-7-8(5-6)11-10(14)15-9(7)13/h3-5H,1-2H3,(H,11,14). The second-order valence-electron chi connectivity index (χ2n) is 3.43. The number of nitrogens with zero attached hydrogens (tertiary/aromatic N) is 1. The van der Waals surface area contributed by atoms with Crippen molar-refractivity contribution in [2.75, 3.05) is 19.0 Å². The summed E-state index contributed by atoms with van der Waals surface area (Å²) in [6.07, 6.45) is 0. The zero-order valence-electron chi connectivity index (χ0n) is 8.40. The first-order valence-electron chi connectivity index (χ1n) is 4.42. The Hall–Kier alpha value is -2.04. The molecule has 78 valence electrons. The van der Waals surface area contributed by atoms with Gasteiger partial charge in [0.05, 0.1) is 10.9 Å². The molecule has 0 spiro atoms. The number of hydrogen-bond donors (Lipinski definition) is 1. The molecule has 0 saturated heterocycles. The number of hydrogen-bond acceptors (Lipinski definition) is 4. The lowest BCUT2D eigenvalue weighted by Crippen LogP contribution is -2.15. The number of rotatable bonds is 1. The molecular formula is C10H10N2O3. The minimum atomic E-state index is -0.733. The molecule has 0 amide bonds. The van der Waals surface area contributed by atoms with Crippen molar-refractivity contribution < 1.29 is 4.42 Å². The van der Waals surface area contributed by atoms with Gasteiger partial charge in [0.25, 0.3) is 0 Å². The summed E-state index contributed by atoms with van der Waals surface area (Å²) in [5.74, 6) is -0.733. The molecule has 0 bridgehead atoms. The van der Waals surface area contributed by atoms with Crippen LogP contribution in [0.25, 0.3) is 10.9 Å². The molecule has 1 heterocycles. The van der Waals surface area contributed by atoms with E-state index in [1.54, 1.807) is 18.2 Å². The largest absolute Gasteiger partial charge is 0.419 e. The van der Waals surface area contributed by atoms with E-state index in [0.717, 1.165) is 5.69 Å². The van der Waals surface area contributed by atoms with Crippen molar-refractivity contribution in [3.63, 3.8) is 0 Å². The lowest BCUT2D eigenvalue weighted by atomic mass is 10.2. The van der Waals surface area contributed by atoms with Crippen molar-refractivity contribution in [3.8, 4) is 0 Å². The normalized spacial score (nSPS) is 10.5. The lowest BCUT2D eigenvalue weighted by molar-refractivity contribution is 0.460. The van der Waals surface area contributed by atoms with Crippen LogP contribution in [0.15, 0.2) is 32.2 Å². The zero-order valence-corrected chi connectivity index (χ0v) is 8.40. The molecule has 0 radical (unpaired) electrons. The summed E-state index contributed by atoms with van der Waals surface area (Å²) in [6.45, 7) is 0. The maximum absolute atomic E-state index is 11.3. The van der Waals surface area contributed by atoms with E-state index in [0.29, 0.717) is 10.9 Å². The average molecular weight is 206 g/mol. The number of anilines is 1. The Morgan fingerprint density at radius 3 is 2.67 bits per heavy atom. The number of aromatic amines is 1. The van der Waals surface area contributed by atoms with E-state index in [1.165, 1.54) is 0 Å². The van der Waals surface area contributed by atoms with E-state index in [1.807, 2.05) is 19.0 Å². The van der Waals surface area contributed by atoms with Crippen LogP contribution in [0.4, 0.5) is 5.69 Å². The highest BCUT2D eigenvalue weighted by Crippen LogP contribution is 2.15. The van der Waals surface area contributed by atoms with Gasteiger partial charge in [0.1, 0.15) is 0 Å². The molecule has 2 rings (SSSR count). The highest BCUT2D eigenvalue weighted by molar-refractivity contribution is 5.80. The molecule has 0 saturated carbocycles. The second kappa shape index (κ2) is 3.27. The van der Waals surface area contributed by atoms with Crippen molar-refractivity contribution in [2.24, 2.45) is 0 Å². The summed E-state index contributed by atoms with van der Waals surface area (Å²) < 4.78 is 4.41. The molecule has 0 aliphatic carbocycles. The van der Waals surface area contributed by atoms with Crippen LogP contribution in [0.1, 0.15) is 0 Å². The first-order chi connectivity index (χ1) is 7.08. The molecule has 0 aliphatic rings. The highest BCUT2D eigenvalue weighted by Gasteiger charge is 2.04. The first kappa shape index (κ1) is 9.51. The molecule has 15 heavy (non-hydrogen) atoms. The topological polar surface area (TPSA) is 66.3 Å². The van der Waals surface area contributed by atoms with Gasteiger partial charge >= 0.3 is 11.4 Å². The molecule has 0 fully saturated rings. The van der Waals surface area contributed by atoms with E-state index >= 15 is 0 Å². The minimum Gasteiger partial charge on any atom is -0.378 e. The van der Waals surface area contributed by atoms with Crippen LogP contribution in [0, 0.1) is 0 Å². The van der Waals surface area contributed by atoms with E-state index in [4.69, 9.17) is 0 Å². The Balaban J connectivity index is 2.82. The Bertz CT molecular complexity index is 610. The molecule has 5 heteroatoms. The van der Waals surface area contributed by atoms with Crippen LogP contribution < -0.4 is 16.3 Å². The molecule has 0 aliphatic heterocycles. The number of benzene rings is 1. The Morgan fingerprint density at radius 1 is 1.27 bits per heavy atom. The van der Waals surface area contributed by atoms with Gasteiger partial charge in [-0.1, -0.05) is 0 Å². The van der Waals surface area contributed by atoms with Crippen molar-refractivity contribution >= 4 is 16.6 Å². The van der Waals surface area contributed by atoms with Gasteiger partial charge in [-0.15, -0.1) is 0 Å². The molecular weight excluding hydrogens is 196 g/mol. The zero-order chi connectivity index (χ0) is 11.0. The first-order valence-corrected chi connectivity index (χ1v) is 4.42. The molecule has 5 nitrogen and oxygen atoms in total. The van der Waals surface area contributed by atoms with Crippen LogP contribution in [0.3, 0.4) is 0 Å². The van der Waals surface area contributed by atoms with E-state index < -0.39 is 11.4 Å². The third kappa shape index (κ3) is 1.63. The van der Waals surface area contributed by atoms with Gasteiger partial charge in [-0.25, -0.2) is 9.59 Å². The quantitative estimate of drug-likeness (QED) is 0.739. The molecule has 1 N–H and O–H groups in total. The predicted molar refractivity (Wildman–Crippen MR) is 57.4 cm³/mol. The number of H-pyrrole nitrogens is 1. The Kier molecular flexibility index (Phi) is 2.07. The smallest absolute Gasteiger partial charge is 0.378 e. The third-order valence-electron chi connectivity index (χ3n) is 2.16. The molecule has 0 unspecified atom stereocenters.